The number of ether oxygens (including phenoxy) is 1. The first-order valence-electron chi connectivity index (χ1n) is 11.9. The summed E-state index contributed by atoms with van der Waals surface area (Å²) in [5, 5.41) is 21.0. The molecule has 3 aromatic rings. The van der Waals surface area contributed by atoms with Crippen LogP contribution in [0.4, 0.5) is 10.6 Å². The lowest BCUT2D eigenvalue weighted by Crippen LogP contribution is -2.37. The Morgan fingerprint density at radius 3 is 2.89 bits per heavy atom. The third-order valence-corrected chi connectivity index (χ3v) is 6.47. The average molecular weight is 494 g/mol. The zero-order valence-electron chi connectivity index (χ0n) is 19.6. The van der Waals surface area contributed by atoms with Crippen molar-refractivity contribution in [1.29, 1.82) is 5.26 Å². The number of unbranched alkanes of at least 4 members (excludes halogenated alkanes) is 2. The molecule has 4 rings (SSSR count). The molecule has 2 aromatic carbocycles. The Balaban J connectivity index is 1.72. The van der Waals surface area contributed by atoms with E-state index in [-0.39, 0.29) is 17.6 Å². The summed E-state index contributed by atoms with van der Waals surface area (Å²) < 4.78 is 6.61. The van der Waals surface area contributed by atoms with Crippen molar-refractivity contribution in [3.63, 3.8) is 0 Å². The predicted octanol–water partition coefficient (Wildman–Crippen LogP) is 5.34. The van der Waals surface area contributed by atoms with Crippen molar-refractivity contribution in [3.05, 3.63) is 47.0 Å². The van der Waals surface area contributed by atoms with Crippen LogP contribution in [0.2, 0.25) is 5.02 Å². The molecular formula is C26H28ClN5O3. The third kappa shape index (κ3) is 5.64. The number of piperidine rings is 1. The minimum atomic E-state index is -0.594. The highest BCUT2D eigenvalue weighted by Crippen LogP contribution is 2.34. The van der Waals surface area contributed by atoms with Crippen LogP contribution >= 0.6 is 11.6 Å². The number of nitrogens with zero attached hydrogens (tertiary/aromatic N) is 3. The molecule has 35 heavy (non-hydrogen) atoms. The number of amides is 1. The molecule has 1 saturated heterocycles. The fourth-order valence-corrected chi connectivity index (χ4v) is 4.43. The molecule has 0 radical (unpaired) electrons. The maximum absolute atomic E-state index is 13.0. The number of halogens is 1. The van der Waals surface area contributed by atoms with Crippen LogP contribution in [0.5, 0.6) is 0 Å². The number of fused-ring (bicyclic) bond motifs is 1. The van der Waals surface area contributed by atoms with Gasteiger partial charge in [0.25, 0.3) is 0 Å². The van der Waals surface area contributed by atoms with Gasteiger partial charge in [0.2, 0.25) is 5.91 Å². The van der Waals surface area contributed by atoms with Crippen LogP contribution in [0.15, 0.2) is 36.4 Å². The topological polar surface area (TPSA) is 109 Å². The number of benzene rings is 2. The summed E-state index contributed by atoms with van der Waals surface area (Å²) in [6.45, 7) is 3.89. The molecule has 182 valence electrons. The zero-order valence-corrected chi connectivity index (χ0v) is 20.4. The van der Waals surface area contributed by atoms with Gasteiger partial charge in [0.1, 0.15) is 0 Å². The molecule has 0 unspecified atom stereocenters. The van der Waals surface area contributed by atoms with E-state index in [0.29, 0.717) is 40.2 Å². The average Bonchev–Trinajstić information content (AvgIpc) is 3.25. The highest BCUT2D eigenvalue weighted by molar-refractivity contribution is 6.33. The second kappa shape index (κ2) is 11.3. The summed E-state index contributed by atoms with van der Waals surface area (Å²) in [6, 6.07) is 12.5. The Morgan fingerprint density at radius 2 is 2.14 bits per heavy atom. The second-order valence-corrected chi connectivity index (χ2v) is 9.06. The van der Waals surface area contributed by atoms with E-state index in [0.717, 1.165) is 44.2 Å². The van der Waals surface area contributed by atoms with Crippen LogP contribution in [0.3, 0.4) is 0 Å². The zero-order chi connectivity index (χ0) is 24.8. The van der Waals surface area contributed by atoms with Crippen LogP contribution in [0.25, 0.3) is 22.0 Å². The van der Waals surface area contributed by atoms with E-state index in [1.54, 1.807) is 24.3 Å². The van der Waals surface area contributed by atoms with Gasteiger partial charge < -0.3 is 15.4 Å². The molecule has 0 saturated carbocycles. The minimum absolute atomic E-state index is 0.144. The molecule has 2 N–H and O–H groups in total. The summed E-state index contributed by atoms with van der Waals surface area (Å²) in [4.78, 5) is 25.8. The SMILES string of the molecule is CCCCCOC(=O)n1nc(NC(=O)[C@@H]2CCCNC2)c2cc(-c3cc(C#N)ccc3Cl)ccc21. The number of nitrogens with one attached hydrogen (secondary N) is 2. The predicted molar refractivity (Wildman–Crippen MR) is 135 cm³/mol. The van der Waals surface area contributed by atoms with Crippen molar-refractivity contribution in [1.82, 2.24) is 15.1 Å². The van der Waals surface area contributed by atoms with Crippen molar-refractivity contribution in [3.8, 4) is 17.2 Å². The fourth-order valence-electron chi connectivity index (χ4n) is 4.20. The van der Waals surface area contributed by atoms with E-state index in [1.165, 1.54) is 4.68 Å². The smallest absolute Gasteiger partial charge is 0.435 e. The standard InChI is InChI=1S/C26H28ClN5O3/c1-2-3-4-12-35-26(34)32-23-10-8-18(20-13-17(15-28)7-9-22(20)27)14-21(23)24(31-32)30-25(33)19-6-5-11-29-16-19/h7-10,13-14,19,29H,2-6,11-12,16H2,1H3,(H,30,31,33)/t19-/m1/s1. The van der Waals surface area contributed by atoms with Gasteiger partial charge in [0.15, 0.2) is 5.82 Å². The normalized spacial score (nSPS) is 15.5. The van der Waals surface area contributed by atoms with E-state index in [1.807, 2.05) is 12.1 Å². The molecule has 2 heterocycles. The monoisotopic (exact) mass is 493 g/mol. The van der Waals surface area contributed by atoms with E-state index in [2.05, 4.69) is 28.7 Å². The number of carbonyl (C=O) groups is 2. The summed E-state index contributed by atoms with van der Waals surface area (Å²) >= 11 is 6.42. The maximum atomic E-state index is 13.0. The van der Waals surface area contributed by atoms with Crippen molar-refractivity contribution in [2.75, 3.05) is 25.0 Å². The van der Waals surface area contributed by atoms with E-state index in [4.69, 9.17) is 16.3 Å². The van der Waals surface area contributed by atoms with Gasteiger partial charge in [-0.1, -0.05) is 37.4 Å². The summed E-state index contributed by atoms with van der Waals surface area (Å²) in [5.74, 6) is -0.0275. The van der Waals surface area contributed by atoms with Gasteiger partial charge in [0, 0.05) is 22.5 Å². The summed E-state index contributed by atoms with van der Waals surface area (Å²) in [7, 11) is 0. The minimum Gasteiger partial charge on any atom is -0.448 e. The molecule has 1 atom stereocenters. The van der Waals surface area contributed by atoms with Gasteiger partial charge in [-0.15, -0.1) is 5.10 Å². The first kappa shape index (κ1) is 24.7. The molecule has 9 heteroatoms. The number of hydrogen-bond donors (Lipinski definition) is 2. The van der Waals surface area contributed by atoms with Gasteiger partial charge in [-0.3, -0.25) is 4.79 Å². The highest BCUT2D eigenvalue weighted by atomic mass is 35.5. The Labute approximate surface area is 209 Å². The molecule has 1 fully saturated rings. The highest BCUT2D eigenvalue weighted by Gasteiger charge is 2.24. The molecule has 8 nitrogen and oxygen atoms in total. The van der Waals surface area contributed by atoms with Crippen molar-refractivity contribution >= 4 is 40.3 Å². The third-order valence-electron chi connectivity index (χ3n) is 6.14. The number of rotatable bonds is 7. The number of nitriles is 1. The van der Waals surface area contributed by atoms with Crippen LogP contribution in [-0.4, -0.2) is 41.5 Å². The van der Waals surface area contributed by atoms with Gasteiger partial charge >= 0.3 is 6.09 Å². The molecule has 1 aliphatic heterocycles. The first-order chi connectivity index (χ1) is 17.0. The fraction of sp³-hybridized carbons (Fsp3) is 0.385. The van der Waals surface area contributed by atoms with Crippen LogP contribution in [-0.2, 0) is 9.53 Å². The number of aromatic nitrogens is 2. The number of carbonyl (C=O) groups excluding carboxylic acids is 2. The van der Waals surface area contributed by atoms with Crippen LogP contribution < -0.4 is 10.6 Å². The maximum Gasteiger partial charge on any atom is 0.435 e. The summed E-state index contributed by atoms with van der Waals surface area (Å²) in [6.07, 6.45) is 3.89. The number of anilines is 1. The molecule has 0 spiro atoms. The quantitative estimate of drug-likeness (QED) is 0.430. The molecule has 0 aliphatic carbocycles. The van der Waals surface area contributed by atoms with Crippen molar-refractivity contribution in [2.45, 2.75) is 39.0 Å². The van der Waals surface area contributed by atoms with Crippen LogP contribution in [0.1, 0.15) is 44.6 Å². The van der Waals surface area contributed by atoms with Gasteiger partial charge in [-0.2, -0.15) is 9.94 Å². The van der Waals surface area contributed by atoms with E-state index >= 15 is 0 Å². The second-order valence-electron chi connectivity index (χ2n) is 8.65. The van der Waals surface area contributed by atoms with Crippen LogP contribution in [0, 0.1) is 17.2 Å². The molecule has 1 aliphatic rings. The largest absolute Gasteiger partial charge is 0.448 e. The molecular weight excluding hydrogens is 466 g/mol. The van der Waals surface area contributed by atoms with Gasteiger partial charge in [0.05, 0.1) is 29.7 Å². The lowest BCUT2D eigenvalue weighted by molar-refractivity contribution is -0.120. The molecule has 1 amide bonds. The lowest BCUT2D eigenvalue weighted by Gasteiger charge is -2.21. The summed E-state index contributed by atoms with van der Waals surface area (Å²) in [5.41, 5.74) is 2.41. The van der Waals surface area contributed by atoms with Crippen molar-refractivity contribution in [2.24, 2.45) is 5.92 Å². The first-order valence-corrected chi connectivity index (χ1v) is 12.3. The Kier molecular flexibility index (Phi) is 8.01. The molecule has 0 bridgehead atoms. The molecule has 1 aromatic heterocycles. The Morgan fingerprint density at radius 1 is 1.29 bits per heavy atom. The Hall–Kier alpha value is -3.41. The van der Waals surface area contributed by atoms with E-state index in [9.17, 15) is 14.9 Å². The Bertz CT molecular complexity index is 1270. The lowest BCUT2D eigenvalue weighted by atomic mass is 9.98. The van der Waals surface area contributed by atoms with Gasteiger partial charge in [-0.25, -0.2) is 4.79 Å². The number of hydrogen-bond acceptors (Lipinski definition) is 6. The van der Waals surface area contributed by atoms with Gasteiger partial charge in [-0.05, 0) is 61.7 Å². The van der Waals surface area contributed by atoms with E-state index < -0.39 is 6.09 Å². The van der Waals surface area contributed by atoms with Crippen molar-refractivity contribution < 1.29 is 14.3 Å².